The maximum atomic E-state index is 8.61. The maximum absolute atomic E-state index is 8.61. The Morgan fingerprint density at radius 3 is 2.06 bits per heavy atom. The van der Waals surface area contributed by atoms with Crippen molar-refractivity contribution in [3.05, 3.63) is 12.2 Å². The van der Waals surface area contributed by atoms with Crippen molar-refractivity contribution in [2.24, 2.45) is 0 Å². The van der Waals surface area contributed by atoms with Crippen LogP contribution in [0.1, 0.15) is 46.0 Å². The number of rotatable bonds is 11. The Bertz CT molecular complexity index is 149. The molecule has 0 spiro atoms. The van der Waals surface area contributed by atoms with Crippen molar-refractivity contribution in [1.82, 2.24) is 0 Å². The Labute approximate surface area is 99.5 Å². The predicted molar refractivity (Wildman–Crippen MR) is 66.4 cm³/mol. The molecular weight excluding hydrogens is 204 g/mol. The average molecular weight is 230 g/mol. The molecule has 0 rings (SSSR count). The van der Waals surface area contributed by atoms with Gasteiger partial charge in [0.2, 0.25) is 0 Å². The van der Waals surface area contributed by atoms with E-state index >= 15 is 0 Å². The molecule has 0 aromatic carbocycles. The number of ether oxygens (including phenoxy) is 2. The minimum absolute atomic E-state index is 0.0707. The summed E-state index contributed by atoms with van der Waals surface area (Å²) >= 11 is 0. The van der Waals surface area contributed by atoms with Crippen LogP contribution in [0.25, 0.3) is 0 Å². The SMILES string of the molecule is CCCOC(CC/C=C\CCO)OCCC. The van der Waals surface area contributed by atoms with Gasteiger partial charge in [0.1, 0.15) is 0 Å². The Morgan fingerprint density at radius 1 is 1.00 bits per heavy atom. The van der Waals surface area contributed by atoms with Crippen molar-refractivity contribution in [3.8, 4) is 0 Å². The zero-order valence-electron chi connectivity index (χ0n) is 10.7. The van der Waals surface area contributed by atoms with E-state index in [0.717, 1.165) is 45.3 Å². The molecule has 0 amide bonds. The Kier molecular flexibility index (Phi) is 12.4. The zero-order chi connectivity index (χ0) is 12.1. The molecule has 0 atom stereocenters. The van der Waals surface area contributed by atoms with Crippen molar-refractivity contribution in [2.45, 2.75) is 52.2 Å². The standard InChI is InChI=1S/C13H26O3/c1-3-11-15-13(16-12-4-2)9-7-5-6-8-10-14/h5-6,13-14H,3-4,7-12H2,1-2H3/b6-5-. The van der Waals surface area contributed by atoms with Gasteiger partial charge in [-0.05, 0) is 25.7 Å². The lowest BCUT2D eigenvalue weighted by molar-refractivity contribution is -0.145. The molecule has 0 aromatic heterocycles. The minimum Gasteiger partial charge on any atom is -0.396 e. The van der Waals surface area contributed by atoms with Gasteiger partial charge in [0.25, 0.3) is 0 Å². The fourth-order valence-corrected chi connectivity index (χ4v) is 1.26. The molecule has 96 valence electrons. The fourth-order valence-electron chi connectivity index (χ4n) is 1.26. The molecule has 0 bridgehead atoms. The third-order valence-electron chi connectivity index (χ3n) is 2.05. The third kappa shape index (κ3) is 10.1. The van der Waals surface area contributed by atoms with Crippen molar-refractivity contribution < 1.29 is 14.6 Å². The van der Waals surface area contributed by atoms with E-state index in [4.69, 9.17) is 14.6 Å². The summed E-state index contributed by atoms with van der Waals surface area (Å²) in [4.78, 5) is 0. The van der Waals surface area contributed by atoms with Gasteiger partial charge in [0.05, 0.1) is 0 Å². The highest BCUT2D eigenvalue weighted by Gasteiger charge is 2.06. The van der Waals surface area contributed by atoms with E-state index in [2.05, 4.69) is 19.9 Å². The number of aliphatic hydroxyl groups excluding tert-OH is 1. The van der Waals surface area contributed by atoms with Crippen LogP contribution in [0.15, 0.2) is 12.2 Å². The summed E-state index contributed by atoms with van der Waals surface area (Å²) in [6.45, 7) is 5.93. The van der Waals surface area contributed by atoms with E-state index in [0.29, 0.717) is 0 Å². The van der Waals surface area contributed by atoms with Crippen LogP contribution >= 0.6 is 0 Å². The van der Waals surface area contributed by atoms with Crippen LogP contribution in [-0.2, 0) is 9.47 Å². The molecule has 0 aliphatic heterocycles. The Morgan fingerprint density at radius 2 is 1.56 bits per heavy atom. The smallest absolute Gasteiger partial charge is 0.157 e. The highest BCUT2D eigenvalue weighted by atomic mass is 16.7. The van der Waals surface area contributed by atoms with Crippen molar-refractivity contribution in [2.75, 3.05) is 19.8 Å². The minimum atomic E-state index is -0.0707. The topological polar surface area (TPSA) is 38.7 Å². The second kappa shape index (κ2) is 12.7. The molecule has 0 saturated carbocycles. The van der Waals surface area contributed by atoms with E-state index in [1.54, 1.807) is 0 Å². The molecule has 0 saturated heterocycles. The molecule has 3 nitrogen and oxygen atoms in total. The summed E-state index contributed by atoms with van der Waals surface area (Å²) in [5.74, 6) is 0. The lowest BCUT2D eigenvalue weighted by Gasteiger charge is -2.17. The van der Waals surface area contributed by atoms with Crippen LogP contribution in [0, 0.1) is 0 Å². The molecule has 0 aliphatic rings. The summed E-state index contributed by atoms with van der Waals surface area (Å²) in [5.41, 5.74) is 0. The fraction of sp³-hybridized carbons (Fsp3) is 0.846. The summed E-state index contributed by atoms with van der Waals surface area (Å²) in [6, 6.07) is 0. The number of aliphatic hydroxyl groups is 1. The summed E-state index contributed by atoms with van der Waals surface area (Å²) in [5, 5.41) is 8.61. The molecule has 0 radical (unpaired) electrons. The second-order valence-electron chi connectivity index (χ2n) is 3.73. The lowest BCUT2D eigenvalue weighted by Crippen LogP contribution is -2.18. The van der Waals surface area contributed by atoms with E-state index in [9.17, 15) is 0 Å². The Balaban J connectivity index is 3.63. The highest BCUT2D eigenvalue weighted by molar-refractivity contribution is 4.81. The largest absolute Gasteiger partial charge is 0.396 e. The second-order valence-corrected chi connectivity index (χ2v) is 3.73. The summed E-state index contributed by atoms with van der Waals surface area (Å²) < 4.78 is 11.2. The quantitative estimate of drug-likeness (QED) is 0.438. The van der Waals surface area contributed by atoms with Gasteiger partial charge in [-0.2, -0.15) is 0 Å². The lowest BCUT2D eigenvalue weighted by atomic mass is 10.2. The number of hydrogen-bond acceptors (Lipinski definition) is 3. The first-order chi connectivity index (χ1) is 7.85. The van der Waals surface area contributed by atoms with Crippen LogP contribution in [0.2, 0.25) is 0 Å². The maximum Gasteiger partial charge on any atom is 0.157 e. The van der Waals surface area contributed by atoms with Crippen molar-refractivity contribution >= 4 is 0 Å². The molecule has 0 unspecified atom stereocenters. The van der Waals surface area contributed by atoms with Gasteiger partial charge < -0.3 is 14.6 Å². The van der Waals surface area contributed by atoms with Gasteiger partial charge in [-0.15, -0.1) is 0 Å². The molecule has 0 heterocycles. The van der Waals surface area contributed by atoms with Gasteiger partial charge in [-0.1, -0.05) is 26.0 Å². The number of allylic oxidation sites excluding steroid dienone is 1. The molecule has 0 aliphatic carbocycles. The van der Waals surface area contributed by atoms with Crippen molar-refractivity contribution in [1.29, 1.82) is 0 Å². The average Bonchev–Trinajstić information content (AvgIpc) is 2.31. The third-order valence-corrected chi connectivity index (χ3v) is 2.05. The molecule has 3 heteroatoms. The molecular formula is C13H26O3. The molecule has 1 N–H and O–H groups in total. The monoisotopic (exact) mass is 230 g/mol. The van der Waals surface area contributed by atoms with Gasteiger partial charge in [-0.3, -0.25) is 0 Å². The van der Waals surface area contributed by atoms with Crippen molar-refractivity contribution in [3.63, 3.8) is 0 Å². The van der Waals surface area contributed by atoms with Crippen LogP contribution in [0.5, 0.6) is 0 Å². The zero-order valence-corrected chi connectivity index (χ0v) is 10.7. The number of hydrogen-bond donors (Lipinski definition) is 1. The van der Waals surface area contributed by atoms with Gasteiger partial charge in [0, 0.05) is 26.2 Å². The normalized spacial score (nSPS) is 11.8. The first kappa shape index (κ1) is 15.6. The summed E-state index contributed by atoms with van der Waals surface area (Å²) in [7, 11) is 0. The van der Waals surface area contributed by atoms with Gasteiger partial charge >= 0.3 is 0 Å². The Hall–Kier alpha value is -0.380. The predicted octanol–water partition coefficient (Wildman–Crippen LogP) is 2.88. The van der Waals surface area contributed by atoms with E-state index in [1.807, 2.05) is 6.08 Å². The van der Waals surface area contributed by atoms with Gasteiger partial charge in [0.15, 0.2) is 6.29 Å². The van der Waals surface area contributed by atoms with E-state index in [1.165, 1.54) is 0 Å². The van der Waals surface area contributed by atoms with Crippen LogP contribution in [0.4, 0.5) is 0 Å². The van der Waals surface area contributed by atoms with Crippen LogP contribution < -0.4 is 0 Å². The van der Waals surface area contributed by atoms with Crippen LogP contribution in [-0.4, -0.2) is 31.2 Å². The molecule has 0 aromatic rings. The van der Waals surface area contributed by atoms with Gasteiger partial charge in [-0.25, -0.2) is 0 Å². The molecule has 16 heavy (non-hydrogen) atoms. The van der Waals surface area contributed by atoms with E-state index < -0.39 is 0 Å². The summed E-state index contributed by atoms with van der Waals surface area (Å²) in [6.07, 6.45) is 8.61. The first-order valence-corrected chi connectivity index (χ1v) is 6.34. The highest BCUT2D eigenvalue weighted by Crippen LogP contribution is 2.07. The molecule has 0 fully saturated rings. The van der Waals surface area contributed by atoms with E-state index in [-0.39, 0.29) is 12.9 Å². The first-order valence-electron chi connectivity index (χ1n) is 6.34. The van der Waals surface area contributed by atoms with Crippen LogP contribution in [0.3, 0.4) is 0 Å².